The lowest BCUT2D eigenvalue weighted by atomic mass is 10.4. The second-order valence-corrected chi connectivity index (χ2v) is 4.12. The maximum Gasteiger partial charge on any atom is 0.238 e. The molecule has 1 aliphatic rings. The fourth-order valence-electron chi connectivity index (χ4n) is 1.60. The van der Waals surface area contributed by atoms with Gasteiger partial charge in [-0.2, -0.15) is 0 Å². The molecule has 1 atom stereocenters. The minimum Gasteiger partial charge on any atom is -0.324 e. The van der Waals surface area contributed by atoms with Gasteiger partial charge in [0.25, 0.3) is 0 Å². The van der Waals surface area contributed by atoms with Gasteiger partial charge < -0.3 is 4.90 Å². The van der Waals surface area contributed by atoms with E-state index in [0.717, 1.165) is 4.88 Å². The van der Waals surface area contributed by atoms with Gasteiger partial charge >= 0.3 is 0 Å². The van der Waals surface area contributed by atoms with Gasteiger partial charge in [0.1, 0.15) is 6.17 Å². The van der Waals surface area contributed by atoms with Gasteiger partial charge in [0.15, 0.2) is 0 Å². The van der Waals surface area contributed by atoms with Crippen molar-refractivity contribution in [2.45, 2.75) is 6.17 Å². The Kier molecular flexibility index (Phi) is 2.05. The van der Waals surface area contributed by atoms with Crippen molar-refractivity contribution in [2.24, 2.45) is 0 Å². The Morgan fingerprint density at radius 3 is 2.85 bits per heavy atom. The first-order valence-corrected chi connectivity index (χ1v) is 4.92. The number of amides is 1. The zero-order chi connectivity index (χ0) is 9.42. The fraction of sp³-hybridized carbons (Fsp3) is 0.500. The van der Waals surface area contributed by atoms with E-state index in [1.54, 1.807) is 21.7 Å². The molecule has 70 valence electrons. The quantitative estimate of drug-likeness (QED) is 0.659. The van der Waals surface area contributed by atoms with Crippen LogP contribution in [0.25, 0.3) is 0 Å². The minimum absolute atomic E-state index is 0.0833. The number of hydrogen-bond donors (Lipinski definition) is 0. The third-order valence-electron chi connectivity index (χ3n) is 2.27. The highest BCUT2D eigenvalue weighted by atomic mass is 32.1. The van der Waals surface area contributed by atoms with Crippen LogP contribution >= 0.6 is 11.3 Å². The van der Waals surface area contributed by atoms with Crippen molar-refractivity contribution >= 4 is 17.2 Å². The number of likely N-dealkylation sites (N-methyl/N-ethyl adjacent to an activating group) is 2. The molecule has 1 unspecified atom stereocenters. The third-order valence-corrected chi connectivity index (χ3v) is 3.08. The highest BCUT2D eigenvalue weighted by Crippen LogP contribution is 2.29. The van der Waals surface area contributed by atoms with Crippen LogP contribution < -0.4 is 0 Å². The van der Waals surface area contributed by atoms with Gasteiger partial charge in [-0.25, -0.2) is 0 Å². The number of aromatic nitrogens is 1. The molecule has 1 fully saturated rings. The van der Waals surface area contributed by atoms with Crippen molar-refractivity contribution in [2.75, 3.05) is 20.6 Å². The molecular formula is C8H11N3OS. The predicted octanol–water partition coefficient (Wildman–Crippen LogP) is 0.545. The average molecular weight is 197 g/mol. The summed E-state index contributed by atoms with van der Waals surface area (Å²) in [6, 6.07) is 0. The van der Waals surface area contributed by atoms with Crippen LogP contribution in [-0.2, 0) is 4.79 Å². The first kappa shape index (κ1) is 8.65. The minimum atomic E-state index is 0.0833. The molecule has 1 saturated heterocycles. The second-order valence-electron chi connectivity index (χ2n) is 3.20. The summed E-state index contributed by atoms with van der Waals surface area (Å²) in [4.78, 5) is 20.3. The Balaban J connectivity index is 2.29. The Labute approximate surface area is 80.8 Å². The molecule has 1 amide bonds. The lowest BCUT2D eigenvalue weighted by molar-refractivity contribution is -0.126. The van der Waals surface area contributed by atoms with E-state index in [1.807, 2.05) is 25.2 Å². The van der Waals surface area contributed by atoms with E-state index >= 15 is 0 Å². The Hall–Kier alpha value is -0.940. The van der Waals surface area contributed by atoms with Gasteiger partial charge in [-0.3, -0.25) is 14.7 Å². The molecule has 0 aliphatic carbocycles. The summed E-state index contributed by atoms with van der Waals surface area (Å²) in [7, 11) is 3.78. The molecule has 2 rings (SSSR count). The van der Waals surface area contributed by atoms with E-state index in [1.165, 1.54) is 0 Å². The molecule has 1 aliphatic heterocycles. The van der Waals surface area contributed by atoms with Gasteiger partial charge in [-0.05, 0) is 7.05 Å². The number of carbonyl (C=O) groups excluding carboxylic acids is 1. The van der Waals surface area contributed by atoms with Crippen LogP contribution in [-0.4, -0.2) is 41.3 Å². The smallest absolute Gasteiger partial charge is 0.238 e. The summed E-state index contributed by atoms with van der Waals surface area (Å²) in [5.74, 6) is 0.168. The van der Waals surface area contributed by atoms with Crippen molar-refractivity contribution in [1.82, 2.24) is 14.8 Å². The molecule has 0 N–H and O–H groups in total. The Bertz CT molecular complexity index is 311. The largest absolute Gasteiger partial charge is 0.324 e. The van der Waals surface area contributed by atoms with Crippen LogP contribution in [0.4, 0.5) is 0 Å². The van der Waals surface area contributed by atoms with Crippen molar-refractivity contribution in [3.05, 3.63) is 16.6 Å². The summed E-state index contributed by atoms with van der Waals surface area (Å²) in [5, 5.41) is 0. The molecule has 1 aromatic rings. The topological polar surface area (TPSA) is 36.4 Å². The van der Waals surface area contributed by atoms with Gasteiger partial charge in [-0.1, -0.05) is 0 Å². The fourth-order valence-corrected chi connectivity index (χ4v) is 2.43. The number of carbonyl (C=O) groups is 1. The number of rotatable bonds is 1. The lowest BCUT2D eigenvalue weighted by Crippen LogP contribution is -2.26. The van der Waals surface area contributed by atoms with Gasteiger partial charge in [0, 0.05) is 13.2 Å². The van der Waals surface area contributed by atoms with E-state index in [0.29, 0.717) is 6.54 Å². The summed E-state index contributed by atoms with van der Waals surface area (Å²) in [6.07, 6.45) is 1.90. The van der Waals surface area contributed by atoms with Crippen molar-refractivity contribution < 1.29 is 4.79 Å². The van der Waals surface area contributed by atoms with E-state index in [2.05, 4.69) is 4.98 Å². The van der Waals surface area contributed by atoms with Crippen LogP contribution in [0.1, 0.15) is 11.0 Å². The molecule has 0 saturated carbocycles. The highest BCUT2D eigenvalue weighted by molar-refractivity contribution is 7.09. The summed E-state index contributed by atoms with van der Waals surface area (Å²) in [6.45, 7) is 0.499. The zero-order valence-electron chi connectivity index (χ0n) is 7.60. The van der Waals surface area contributed by atoms with E-state index in [4.69, 9.17) is 0 Å². The normalized spacial score (nSPS) is 24.3. The Morgan fingerprint density at radius 2 is 2.38 bits per heavy atom. The molecule has 0 bridgehead atoms. The van der Waals surface area contributed by atoms with Crippen LogP contribution in [0, 0.1) is 0 Å². The van der Waals surface area contributed by atoms with Crippen molar-refractivity contribution in [3.8, 4) is 0 Å². The van der Waals surface area contributed by atoms with E-state index in [-0.39, 0.29) is 12.1 Å². The van der Waals surface area contributed by atoms with Gasteiger partial charge in [-0.15, -0.1) is 11.3 Å². The molecule has 0 radical (unpaired) electrons. The van der Waals surface area contributed by atoms with Crippen molar-refractivity contribution in [3.63, 3.8) is 0 Å². The summed E-state index contributed by atoms with van der Waals surface area (Å²) in [5.41, 5.74) is 1.79. The third kappa shape index (κ3) is 1.34. The first-order valence-electron chi connectivity index (χ1n) is 4.04. The Morgan fingerprint density at radius 1 is 1.62 bits per heavy atom. The van der Waals surface area contributed by atoms with Crippen LogP contribution in [0.3, 0.4) is 0 Å². The molecule has 0 spiro atoms. The maximum absolute atomic E-state index is 11.4. The SMILES string of the molecule is CN1CC(=O)N(C)C1c1cncs1. The van der Waals surface area contributed by atoms with Crippen LogP contribution in [0.2, 0.25) is 0 Å². The average Bonchev–Trinajstić information content (AvgIpc) is 2.63. The number of hydrogen-bond acceptors (Lipinski definition) is 4. The molecule has 13 heavy (non-hydrogen) atoms. The van der Waals surface area contributed by atoms with Gasteiger partial charge in [0.05, 0.1) is 16.9 Å². The monoisotopic (exact) mass is 197 g/mol. The van der Waals surface area contributed by atoms with Crippen LogP contribution in [0.5, 0.6) is 0 Å². The number of nitrogens with zero attached hydrogens (tertiary/aromatic N) is 3. The maximum atomic E-state index is 11.4. The predicted molar refractivity (Wildman–Crippen MR) is 50.3 cm³/mol. The van der Waals surface area contributed by atoms with Crippen LogP contribution in [0.15, 0.2) is 11.7 Å². The van der Waals surface area contributed by atoms with E-state index in [9.17, 15) is 4.79 Å². The molecule has 4 nitrogen and oxygen atoms in total. The first-order chi connectivity index (χ1) is 6.20. The molecular weight excluding hydrogens is 186 g/mol. The van der Waals surface area contributed by atoms with E-state index < -0.39 is 0 Å². The second kappa shape index (κ2) is 3.08. The molecule has 0 aromatic carbocycles. The molecule has 1 aromatic heterocycles. The summed E-state index contributed by atoms with van der Waals surface area (Å²) < 4.78 is 0. The highest BCUT2D eigenvalue weighted by Gasteiger charge is 2.34. The molecule has 5 heteroatoms. The summed E-state index contributed by atoms with van der Waals surface area (Å²) >= 11 is 1.58. The zero-order valence-corrected chi connectivity index (χ0v) is 8.41. The standard InChI is InChI=1S/C8H11N3OS/c1-10-4-7(12)11(2)8(10)6-3-9-5-13-6/h3,5,8H,4H2,1-2H3. The lowest BCUT2D eigenvalue weighted by Gasteiger charge is -2.22. The molecule has 2 heterocycles. The van der Waals surface area contributed by atoms with Gasteiger partial charge in [0.2, 0.25) is 5.91 Å². The van der Waals surface area contributed by atoms with Crippen molar-refractivity contribution in [1.29, 1.82) is 0 Å². The number of thiazole rings is 1.